The van der Waals surface area contributed by atoms with Gasteiger partial charge in [-0.05, 0) is 34.7 Å². The van der Waals surface area contributed by atoms with Crippen LogP contribution >= 0.6 is 57.1 Å². The molecule has 0 amide bonds. The van der Waals surface area contributed by atoms with Crippen molar-refractivity contribution in [1.82, 2.24) is 0 Å². The van der Waals surface area contributed by atoms with Gasteiger partial charge in [0.05, 0.1) is 34.2 Å². The molecule has 12 heavy (non-hydrogen) atoms. The van der Waals surface area contributed by atoms with E-state index in [-0.39, 0.29) is 0 Å². The summed E-state index contributed by atoms with van der Waals surface area (Å²) in [6.07, 6.45) is 0. The molecule has 0 aliphatic carbocycles. The summed E-state index contributed by atoms with van der Waals surface area (Å²) < 4.78 is 3.79. The van der Waals surface area contributed by atoms with Gasteiger partial charge >= 0.3 is 0 Å². The van der Waals surface area contributed by atoms with Gasteiger partial charge in [-0.3, -0.25) is 0 Å². The molecule has 0 saturated heterocycles. The number of halogens is 3. The van der Waals surface area contributed by atoms with E-state index >= 15 is 0 Å². The molecule has 0 bridgehead atoms. The van der Waals surface area contributed by atoms with Crippen molar-refractivity contribution in [3.05, 3.63) is 25.9 Å². The lowest BCUT2D eigenvalue weighted by Gasteiger charge is -2.15. The normalized spacial score (nSPS) is 9.67. The van der Waals surface area contributed by atoms with Gasteiger partial charge in [0.15, 0.2) is 0 Å². The first kappa shape index (κ1) is 10.6. The van der Waals surface area contributed by atoms with Crippen LogP contribution in [0.1, 0.15) is 0 Å². The van der Waals surface area contributed by atoms with Gasteiger partial charge in [-0.1, -0.05) is 11.6 Å². The third-order valence-electron chi connectivity index (χ3n) is 1.26. The summed E-state index contributed by atoms with van der Waals surface area (Å²) in [5.41, 5.74) is 3.04. The number of benzene rings is 1. The van der Waals surface area contributed by atoms with E-state index in [0.717, 1.165) is 9.26 Å². The minimum absolute atomic E-state index is 0.460. The van der Waals surface area contributed by atoms with Crippen molar-refractivity contribution in [2.45, 2.75) is 0 Å². The fourth-order valence-corrected chi connectivity index (χ4v) is 3.01. The van der Waals surface area contributed by atoms with E-state index in [1.807, 2.05) is 28.3 Å². The maximum Gasteiger partial charge on any atom is 0.0791 e. The summed E-state index contributed by atoms with van der Waals surface area (Å²) in [6.45, 7) is 0. The molecule has 1 aromatic rings. The molecule has 0 unspecified atom stereocenters. The van der Waals surface area contributed by atoms with Crippen molar-refractivity contribution >= 4 is 68.4 Å². The van der Waals surface area contributed by atoms with Crippen molar-refractivity contribution in [1.29, 1.82) is 0 Å². The zero-order valence-electron chi connectivity index (χ0n) is 5.70. The van der Waals surface area contributed by atoms with Gasteiger partial charge in [-0.15, -0.1) is 0 Å². The lowest BCUT2D eigenvalue weighted by molar-refractivity contribution is 1.57. The maximum absolute atomic E-state index is 10.5. The molecule has 66 valence electrons. The van der Waals surface area contributed by atoms with Crippen molar-refractivity contribution in [2.75, 3.05) is 9.01 Å². The van der Waals surface area contributed by atoms with Gasteiger partial charge in [0.1, 0.15) is 0 Å². The monoisotopic (exact) mass is 409 g/mol. The van der Waals surface area contributed by atoms with E-state index in [1.54, 1.807) is 12.1 Å². The predicted octanol–water partition coefficient (Wildman–Crippen LogP) is 3.62. The van der Waals surface area contributed by atoms with Crippen molar-refractivity contribution in [3.8, 4) is 0 Å². The lowest BCUT2D eigenvalue weighted by atomic mass is 10.3. The summed E-state index contributed by atoms with van der Waals surface area (Å²) in [4.78, 5) is 0. The molecule has 0 atom stereocenters. The number of hydrogen-bond donors (Lipinski definition) is 2. The second kappa shape index (κ2) is 4.68. The Morgan fingerprint density at radius 3 is 2.58 bits per heavy atom. The van der Waals surface area contributed by atoms with Gasteiger partial charge in [-0.25, -0.2) is 0 Å². The Morgan fingerprint density at radius 2 is 2.08 bits per heavy atom. The number of hydrogen-bond acceptors (Lipinski definition) is 3. The molecule has 6 heteroatoms. The van der Waals surface area contributed by atoms with E-state index in [4.69, 9.17) is 11.6 Å². The van der Waals surface area contributed by atoms with Crippen LogP contribution in [0.2, 0.25) is 5.02 Å². The maximum atomic E-state index is 10.5. The van der Waals surface area contributed by atoms with Gasteiger partial charge in [0.2, 0.25) is 0 Å². The second-order valence-electron chi connectivity index (χ2n) is 2.01. The van der Waals surface area contributed by atoms with Crippen LogP contribution in [0.5, 0.6) is 0 Å². The predicted molar refractivity (Wildman–Crippen MR) is 68.8 cm³/mol. The number of nitrogens with one attached hydrogen (secondary N) is 2. The summed E-state index contributed by atoms with van der Waals surface area (Å²) >= 11 is 9.81. The second-order valence-corrected chi connectivity index (χ2v) is 4.14. The minimum atomic E-state index is 0.460. The van der Waals surface area contributed by atoms with Crippen LogP contribution in [0, 0.1) is 8.78 Å². The zero-order chi connectivity index (χ0) is 9.14. The van der Waals surface area contributed by atoms with E-state index in [1.165, 1.54) is 0 Å². The van der Waals surface area contributed by atoms with Crippen LogP contribution in [0.3, 0.4) is 0 Å². The highest BCUT2D eigenvalue weighted by atomic mass is 127. The Bertz CT molecular complexity index is 295. The molecule has 0 saturated carbocycles. The fraction of sp³-hybridized carbons (Fsp3) is 0. The molecular formula is C6H4ClI2N2O-. The average Bonchev–Trinajstić information content (AvgIpc) is 2.03. The fourth-order valence-electron chi connectivity index (χ4n) is 0.750. The van der Waals surface area contributed by atoms with E-state index in [2.05, 4.69) is 26.1 Å². The Hall–Kier alpha value is 0.530. The molecule has 0 aromatic heterocycles. The first-order valence-electron chi connectivity index (χ1n) is 2.93. The summed E-state index contributed by atoms with van der Waals surface area (Å²) in [5.74, 6) is 0. The third-order valence-corrected chi connectivity index (χ3v) is 2.87. The highest BCUT2D eigenvalue weighted by Gasteiger charge is 2.04. The Morgan fingerprint density at radius 1 is 1.42 bits per heavy atom. The highest BCUT2D eigenvalue weighted by molar-refractivity contribution is 14.1. The zero-order valence-corrected chi connectivity index (χ0v) is 10.8. The van der Waals surface area contributed by atoms with Gasteiger partial charge in [-0.2, -0.15) is 0 Å². The van der Waals surface area contributed by atoms with Crippen molar-refractivity contribution < 1.29 is 0 Å². The molecule has 0 heterocycles. The van der Waals surface area contributed by atoms with Crippen LogP contribution in [0.15, 0.2) is 12.1 Å². The van der Waals surface area contributed by atoms with Crippen molar-refractivity contribution in [3.63, 3.8) is 0 Å². The van der Waals surface area contributed by atoms with Gasteiger partial charge in [0.25, 0.3) is 0 Å². The van der Waals surface area contributed by atoms with E-state index < -0.39 is 0 Å². The average molecular weight is 409 g/mol. The summed E-state index contributed by atoms with van der Waals surface area (Å²) in [6, 6.07) is 3.36. The number of anilines is 2. The minimum Gasteiger partial charge on any atom is -0.761 e. The van der Waals surface area contributed by atoms with Crippen molar-refractivity contribution in [2.24, 2.45) is 0 Å². The molecule has 0 radical (unpaired) electrons. The largest absolute Gasteiger partial charge is 0.761 e. The molecule has 1 aromatic carbocycles. The lowest BCUT2D eigenvalue weighted by Crippen LogP contribution is -1.93. The quantitative estimate of drug-likeness (QED) is 0.446. The highest BCUT2D eigenvalue weighted by Crippen LogP contribution is 2.32. The Labute approximate surface area is 102 Å². The Kier molecular flexibility index (Phi) is 4.14. The molecule has 1 rings (SSSR count). The molecule has 0 aliphatic rings. The standard InChI is InChI=1S/C6H4ClI2N2O/c7-3-1-4(8)6(10-9)5(2-3)11-12/h1-2,10-11H/q-1. The molecule has 3 nitrogen and oxygen atoms in total. The van der Waals surface area contributed by atoms with Crippen LogP contribution in [-0.2, 0) is 0 Å². The SMILES string of the molecule is [O-]Nc1cc(Cl)cc(I)c1NI. The number of rotatable bonds is 2. The van der Waals surface area contributed by atoms with Crippen LogP contribution in [-0.4, -0.2) is 0 Å². The van der Waals surface area contributed by atoms with Crippen LogP contribution in [0.25, 0.3) is 0 Å². The molecular weight excluding hydrogens is 405 g/mol. The van der Waals surface area contributed by atoms with Gasteiger partial charge < -0.3 is 14.2 Å². The van der Waals surface area contributed by atoms with E-state index in [9.17, 15) is 5.21 Å². The molecule has 0 fully saturated rings. The third kappa shape index (κ3) is 2.27. The van der Waals surface area contributed by atoms with Crippen LogP contribution in [0.4, 0.5) is 11.4 Å². The smallest absolute Gasteiger partial charge is 0.0791 e. The van der Waals surface area contributed by atoms with E-state index in [0.29, 0.717) is 10.7 Å². The molecule has 0 spiro atoms. The summed E-state index contributed by atoms with van der Waals surface area (Å²) in [7, 11) is 0. The molecule has 2 N–H and O–H groups in total. The first-order valence-corrected chi connectivity index (χ1v) is 5.46. The first-order chi connectivity index (χ1) is 5.69. The van der Waals surface area contributed by atoms with Gasteiger partial charge in [0, 0.05) is 8.59 Å². The summed E-state index contributed by atoms with van der Waals surface area (Å²) in [5, 5.41) is 11.0. The topological polar surface area (TPSA) is 47.1 Å². The van der Waals surface area contributed by atoms with Crippen LogP contribution < -0.4 is 9.01 Å². The molecule has 0 aliphatic heterocycles. The Balaban J connectivity index is 3.24.